The first-order valence-electron chi connectivity index (χ1n) is 5.82. The Labute approximate surface area is 96.2 Å². The van der Waals surface area contributed by atoms with Crippen molar-refractivity contribution < 1.29 is 9.63 Å². The van der Waals surface area contributed by atoms with Crippen molar-refractivity contribution in [2.24, 2.45) is 0 Å². The van der Waals surface area contributed by atoms with Crippen molar-refractivity contribution in [3.63, 3.8) is 0 Å². The summed E-state index contributed by atoms with van der Waals surface area (Å²) in [5, 5.41) is 17.0. The molecule has 0 saturated carbocycles. The monoisotopic (exact) mass is 227 g/mol. The molecule has 0 aliphatic rings. The molecule has 0 aromatic carbocycles. The molecule has 1 aromatic heterocycles. The van der Waals surface area contributed by atoms with E-state index in [0.29, 0.717) is 18.3 Å². The second-order valence-corrected chi connectivity index (χ2v) is 4.09. The van der Waals surface area contributed by atoms with Gasteiger partial charge in [-0.05, 0) is 12.8 Å². The van der Waals surface area contributed by atoms with Crippen LogP contribution in [0.4, 0.5) is 0 Å². The van der Waals surface area contributed by atoms with Gasteiger partial charge in [-0.2, -0.15) is 4.98 Å². The summed E-state index contributed by atoms with van der Waals surface area (Å²) in [6, 6.07) is 0. The van der Waals surface area contributed by atoms with Gasteiger partial charge in [0.2, 0.25) is 5.89 Å². The number of hydrogen-bond acceptors (Lipinski definition) is 5. The molecule has 0 spiro atoms. The van der Waals surface area contributed by atoms with Crippen molar-refractivity contribution in [2.45, 2.75) is 45.6 Å². The maximum absolute atomic E-state index is 10.0. The highest BCUT2D eigenvalue weighted by Gasteiger charge is 2.20. The summed E-state index contributed by atoms with van der Waals surface area (Å²) in [4.78, 5) is 4.10. The van der Waals surface area contributed by atoms with Crippen LogP contribution in [-0.2, 0) is 6.42 Å². The third-order valence-corrected chi connectivity index (χ3v) is 2.87. The van der Waals surface area contributed by atoms with Gasteiger partial charge in [-0.3, -0.25) is 0 Å². The highest BCUT2D eigenvalue weighted by atomic mass is 16.5. The fourth-order valence-electron chi connectivity index (χ4n) is 1.46. The van der Waals surface area contributed by atoms with E-state index in [0.717, 1.165) is 25.8 Å². The van der Waals surface area contributed by atoms with E-state index in [2.05, 4.69) is 15.5 Å². The normalized spacial score (nSPS) is 12.0. The summed E-state index contributed by atoms with van der Waals surface area (Å²) in [5.74, 6) is 1.30. The molecule has 2 N–H and O–H groups in total. The van der Waals surface area contributed by atoms with E-state index in [4.69, 9.17) is 4.52 Å². The lowest BCUT2D eigenvalue weighted by atomic mass is 9.98. The topological polar surface area (TPSA) is 71.2 Å². The Morgan fingerprint density at radius 2 is 2.06 bits per heavy atom. The van der Waals surface area contributed by atoms with E-state index in [1.54, 1.807) is 6.92 Å². The van der Waals surface area contributed by atoms with Crippen LogP contribution in [0.3, 0.4) is 0 Å². The van der Waals surface area contributed by atoms with E-state index in [9.17, 15) is 5.11 Å². The van der Waals surface area contributed by atoms with Crippen LogP contribution in [0, 0.1) is 6.92 Å². The van der Waals surface area contributed by atoms with Crippen molar-refractivity contribution >= 4 is 0 Å². The van der Waals surface area contributed by atoms with Gasteiger partial charge >= 0.3 is 0 Å². The van der Waals surface area contributed by atoms with Gasteiger partial charge in [0, 0.05) is 26.4 Å². The second-order valence-electron chi connectivity index (χ2n) is 4.09. The number of nitrogens with zero attached hydrogens (tertiary/aromatic N) is 2. The molecule has 0 atom stereocenters. The van der Waals surface area contributed by atoms with Crippen molar-refractivity contribution in [1.29, 1.82) is 0 Å². The minimum atomic E-state index is -0.590. The predicted octanol–water partition coefficient (Wildman–Crippen LogP) is 1.06. The van der Waals surface area contributed by atoms with Crippen LogP contribution in [0.25, 0.3) is 0 Å². The van der Waals surface area contributed by atoms with Crippen molar-refractivity contribution in [3.05, 3.63) is 11.7 Å². The molecule has 92 valence electrons. The highest BCUT2D eigenvalue weighted by molar-refractivity contribution is 4.85. The largest absolute Gasteiger partial charge is 0.389 e. The molecule has 0 bridgehead atoms. The number of nitrogens with one attached hydrogen (secondary N) is 1. The lowest BCUT2D eigenvalue weighted by molar-refractivity contribution is 0.0328. The van der Waals surface area contributed by atoms with Gasteiger partial charge in [-0.25, -0.2) is 0 Å². The molecule has 0 aliphatic heterocycles. The molecule has 0 unspecified atom stereocenters. The molecule has 0 amide bonds. The zero-order valence-electron chi connectivity index (χ0n) is 10.3. The van der Waals surface area contributed by atoms with Gasteiger partial charge in [0.1, 0.15) is 0 Å². The highest BCUT2D eigenvalue weighted by Crippen LogP contribution is 2.12. The van der Waals surface area contributed by atoms with Crippen LogP contribution in [0.15, 0.2) is 4.52 Å². The number of aryl methyl sites for hydroxylation is 1. The molecule has 5 nitrogen and oxygen atoms in total. The third-order valence-electron chi connectivity index (χ3n) is 2.87. The zero-order valence-corrected chi connectivity index (χ0v) is 10.3. The van der Waals surface area contributed by atoms with E-state index in [1.807, 2.05) is 13.8 Å². The van der Waals surface area contributed by atoms with Crippen LogP contribution in [0.1, 0.15) is 38.4 Å². The molecule has 0 aliphatic carbocycles. The van der Waals surface area contributed by atoms with Crippen molar-refractivity contribution in [2.75, 3.05) is 13.1 Å². The van der Waals surface area contributed by atoms with Crippen LogP contribution in [0.5, 0.6) is 0 Å². The molecule has 0 radical (unpaired) electrons. The van der Waals surface area contributed by atoms with Crippen molar-refractivity contribution in [3.8, 4) is 0 Å². The van der Waals surface area contributed by atoms with Crippen LogP contribution < -0.4 is 5.32 Å². The molecular weight excluding hydrogens is 206 g/mol. The Kier molecular flexibility index (Phi) is 4.89. The fraction of sp³-hybridized carbons (Fsp3) is 0.818. The number of aliphatic hydroxyl groups is 1. The maximum atomic E-state index is 10.0. The molecule has 1 rings (SSSR count). The standard InChI is InChI=1S/C11H21N3O2/c1-4-11(15,5-2)8-12-7-6-10-13-9(3)16-14-10/h12,15H,4-8H2,1-3H3. The van der Waals surface area contributed by atoms with Crippen LogP contribution in [0.2, 0.25) is 0 Å². The average molecular weight is 227 g/mol. The Hall–Kier alpha value is -0.940. The zero-order chi connectivity index (χ0) is 12.0. The predicted molar refractivity (Wildman–Crippen MR) is 61.1 cm³/mol. The lowest BCUT2D eigenvalue weighted by Gasteiger charge is -2.25. The van der Waals surface area contributed by atoms with Gasteiger partial charge in [-0.15, -0.1) is 0 Å². The average Bonchev–Trinajstić information content (AvgIpc) is 2.70. The van der Waals surface area contributed by atoms with Crippen molar-refractivity contribution in [1.82, 2.24) is 15.5 Å². The van der Waals surface area contributed by atoms with E-state index in [-0.39, 0.29) is 0 Å². The Morgan fingerprint density at radius 3 is 2.56 bits per heavy atom. The minimum Gasteiger partial charge on any atom is -0.389 e. The maximum Gasteiger partial charge on any atom is 0.223 e. The second kappa shape index (κ2) is 5.96. The Balaban J connectivity index is 2.21. The number of rotatable bonds is 7. The van der Waals surface area contributed by atoms with Gasteiger partial charge in [0.25, 0.3) is 0 Å². The summed E-state index contributed by atoms with van der Waals surface area (Å²) < 4.78 is 4.87. The molecule has 5 heteroatoms. The van der Waals surface area contributed by atoms with Gasteiger partial charge in [-0.1, -0.05) is 19.0 Å². The van der Waals surface area contributed by atoms with E-state index >= 15 is 0 Å². The summed E-state index contributed by atoms with van der Waals surface area (Å²) in [5.41, 5.74) is -0.590. The number of aromatic nitrogens is 2. The smallest absolute Gasteiger partial charge is 0.223 e. The summed E-state index contributed by atoms with van der Waals surface area (Å²) in [7, 11) is 0. The van der Waals surface area contributed by atoms with Crippen LogP contribution >= 0.6 is 0 Å². The molecule has 1 aromatic rings. The quantitative estimate of drug-likeness (QED) is 0.682. The Morgan fingerprint density at radius 1 is 1.38 bits per heavy atom. The summed E-state index contributed by atoms with van der Waals surface area (Å²) >= 11 is 0. The van der Waals surface area contributed by atoms with E-state index < -0.39 is 5.60 Å². The summed E-state index contributed by atoms with van der Waals surface area (Å²) in [6.07, 6.45) is 2.25. The Bertz CT molecular complexity index is 308. The first kappa shape index (κ1) is 13.1. The van der Waals surface area contributed by atoms with Gasteiger partial charge < -0.3 is 14.9 Å². The lowest BCUT2D eigenvalue weighted by Crippen LogP contribution is -2.40. The minimum absolute atomic E-state index is 0.590. The van der Waals surface area contributed by atoms with E-state index in [1.165, 1.54) is 0 Å². The SMILES string of the molecule is CCC(O)(CC)CNCCc1noc(C)n1. The fourth-order valence-corrected chi connectivity index (χ4v) is 1.46. The molecule has 0 saturated heterocycles. The molecule has 16 heavy (non-hydrogen) atoms. The molecule has 1 heterocycles. The molecular formula is C11H21N3O2. The molecule has 0 fully saturated rings. The van der Waals surface area contributed by atoms with Gasteiger partial charge in [0.15, 0.2) is 5.82 Å². The van der Waals surface area contributed by atoms with Crippen LogP contribution in [-0.4, -0.2) is 33.9 Å². The number of hydrogen-bond donors (Lipinski definition) is 2. The summed E-state index contributed by atoms with van der Waals surface area (Å²) in [6.45, 7) is 7.12. The third kappa shape index (κ3) is 3.90. The first-order valence-corrected chi connectivity index (χ1v) is 5.82. The van der Waals surface area contributed by atoms with Gasteiger partial charge in [0.05, 0.1) is 5.60 Å². The first-order chi connectivity index (χ1) is 7.59.